The first kappa shape index (κ1) is 31.6. The van der Waals surface area contributed by atoms with Crippen LogP contribution in [0.2, 0.25) is 31.0 Å². The fourth-order valence-corrected chi connectivity index (χ4v) is 5.38. The smallest absolute Gasteiger partial charge is 0.416 e. The number of ether oxygens (including phenoxy) is 3. The average molecular weight is 622 g/mol. The van der Waals surface area contributed by atoms with Crippen LogP contribution < -0.4 is 14.4 Å². The predicted molar refractivity (Wildman–Crippen MR) is 160 cm³/mol. The second-order valence-electron chi connectivity index (χ2n) is 11.2. The molecular weight excluding hydrogens is 587 g/mol. The zero-order chi connectivity index (χ0) is 30.7. The second-order valence-corrected chi connectivity index (χ2v) is 17.2. The van der Waals surface area contributed by atoms with E-state index in [2.05, 4.69) is 29.6 Å². The lowest BCUT2D eigenvalue weighted by atomic mass is 10.1. The number of alkyl halides is 3. The van der Waals surface area contributed by atoms with Crippen molar-refractivity contribution >= 4 is 36.5 Å². The molecule has 0 aliphatic heterocycles. The van der Waals surface area contributed by atoms with E-state index in [1.165, 1.54) is 6.07 Å². The minimum Gasteiger partial charge on any atom is -0.497 e. The minimum atomic E-state index is -4.46. The van der Waals surface area contributed by atoms with E-state index in [-0.39, 0.29) is 18.4 Å². The van der Waals surface area contributed by atoms with E-state index in [4.69, 9.17) is 30.9 Å². The van der Waals surface area contributed by atoms with Crippen LogP contribution in [0.5, 0.6) is 11.5 Å². The fraction of sp³-hybridized carbons (Fsp3) is 0.414. The standard InChI is InChI=1S/C29H35ClF3N5O3Si/c1-37(17-20-10-11-22(39-2)16-24(20)40-3)27-26-25(34-28(30)35-27)23(38(36-26)18-41-12-13-42(4,5)6)15-19-8-7-9-21(14-19)29(31,32)33/h7-11,14,16H,12-13,15,17-18H2,1-6H3. The summed E-state index contributed by atoms with van der Waals surface area (Å²) in [5.74, 6) is 1.77. The molecule has 0 fully saturated rings. The van der Waals surface area contributed by atoms with Gasteiger partial charge in [-0.2, -0.15) is 23.3 Å². The van der Waals surface area contributed by atoms with E-state index < -0.39 is 19.8 Å². The zero-order valence-electron chi connectivity index (χ0n) is 24.5. The highest BCUT2D eigenvalue weighted by Gasteiger charge is 2.30. The first-order chi connectivity index (χ1) is 19.8. The number of rotatable bonds is 12. The Morgan fingerprint density at radius 1 is 1.00 bits per heavy atom. The van der Waals surface area contributed by atoms with Gasteiger partial charge in [0.1, 0.15) is 23.7 Å². The highest BCUT2D eigenvalue weighted by atomic mass is 35.5. The maximum Gasteiger partial charge on any atom is 0.416 e. The summed E-state index contributed by atoms with van der Waals surface area (Å²) in [6.07, 6.45) is -4.32. The number of anilines is 1. The Hall–Kier alpha value is -3.35. The van der Waals surface area contributed by atoms with E-state index >= 15 is 0 Å². The predicted octanol–water partition coefficient (Wildman–Crippen LogP) is 7.06. The Labute approximate surface area is 249 Å². The maximum atomic E-state index is 13.5. The number of methoxy groups -OCH3 is 2. The highest BCUT2D eigenvalue weighted by molar-refractivity contribution is 6.76. The number of hydrogen-bond acceptors (Lipinski definition) is 7. The summed E-state index contributed by atoms with van der Waals surface area (Å²) < 4.78 is 58.9. The molecule has 0 bridgehead atoms. The molecule has 0 unspecified atom stereocenters. The van der Waals surface area contributed by atoms with Crippen molar-refractivity contribution < 1.29 is 27.4 Å². The molecule has 0 aliphatic rings. The third-order valence-corrected chi connectivity index (χ3v) is 8.62. The van der Waals surface area contributed by atoms with E-state index in [1.54, 1.807) is 31.0 Å². The van der Waals surface area contributed by atoms with Crippen molar-refractivity contribution in [3.8, 4) is 11.5 Å². The summed E-state index contributed by atoms with van der Waals surface area (Å²) >= 11 is 6.41. The monoisotopic (exact) mass is 621 g/mol. The molecule has 0 amide bonds. The van der Waals surface area contributed by atoms with E-state index in [9.17, 15) is 13.2 Å². The van der Waals surface area contributed by atoms with Crippen LogP contribution in [0.4, 0.5) is 19.0 Å². The lowest BCUT2D eigenvalue weighted by Crippen LogP contribution is -2.22. The van der Waals surface area contributed by atoms with Crippen molar-refractivity contribution in [1.82, 2.24) is 19.7 Å². The molecule has 0 radical (unpaired) electrons. The molecule has 0 spiro atoms. The first-order valence-corrected chi connectivity index (χ1v) is 17.5. The van der Waals surface area contributed by atoms with Crippen molar-refractivity contribution in [2.45, 2.75) is 51.6 Å². The summed E-state index contributed by atoms with van der Waals surface area (Å²) in [7, 11) is 3.68. The Morgan fingerprint density at radius 2 is 1.76 bits per heavy atom. The quantitative estimate of drug-likeness (QED) is 0.0953. The van der Waals surface area contributed by atoms with E-state index in [0.29, 0.717) is 52.8 Å². The normalized spacial score (nSPS) is 12.1. The molecule has 4 aromatic rings. The third-order valence-electron chi connectivity index (χ3n) is 6.74. The van der Waals surface area contributed by atoms with Crippen LogP contribution >= 0.6 is 11.6 Å². The molecule has 226 valence electrons. The second kappa shape index (κ2) is 12.9. The van der Waals surface area contributed by atoms with Gasteiger partial charge in [0.25, 0.3) is 0 Å². The summed E-state index contributed by atoms with van der Waals surface area (Å²) in [6, 6.07) is 11.7. The van der Waals surface area contributed by atoms with Crippen LogP contribution in [-0.4, -0.2) is 55.7 Å². The van der Waals surface area contributed by atoms with Crippen molar-refractivity contribution in [2.24, 2.45) is 0 Å². The number of aromatic nitrogens is 4. The molecule has 0 N–H and O–H groups in total. The number of halogens is 4. The third kappa shape index (κ3) is 7.72. The molecule has 42 heavy (non-hydrogen) atoms. The van der Waals surface area contributed by atoms with Gasteiger partial charge >= 0.3 is 6.18 Å². The fourth-order valence-electron chi connectivity index (χ4n) is 4.45. The van der Waals surface area contributed by atoms with Crippen molar-refractivity contribution in [3.05, 3.63) is 70.1 Å². The molecule has 13 heteroatoms. The van der Waals surface area contributed by atoms with Crippen molar-refractivity contribution in [2.75, 3.05) is 32.8 Å². The van der Waals surface area contributed by atoms with Crippen LogP contribution in [0.25, 0.3) is 11.0 Å². The molecular formula is C29H35ClF3N5O3Si. The summed E-state index contributed by atoms with van der Waals surface area (Å²) in [6.45, 7) is 7.84. The zero-order valence-corrected chi connectivity index (χ0v) is 26.3. The SMILES string of the molecule is COc1ccc(CN(C)c2nc(Cl)nc3c(Cc4cccc(C(F)(F)F)c4)n(COCC[Si](C)(C)C)nc23)c(OC)c1. The summed E-state index contributed by atoms with van der Waals surface area (Å²) in [5, 5.41) is 4.79. The van der Waals surface area contributed by atoms with Gasteiger partial charge in [0.15, 0.2) is 11.3 Å². The van der Waals surface area contributed by atoms with Gasteiger partial charge in [0.05, 0.1) is 25.5 Å². The van der Waals surface area contributed by atoms with Gasteiger partial charge in [-0.25, -0.2) is 9.67 Å². The number of hydrogen-bond donors (Lipinski definition) is 0. The first-order valence-electron chi connectivity index (χ1n) is 13.4. The lowest BCUT2D eigenvalue weighted by Gasteiger charge is -2.20. The Morgan fingerprint density at radius 3 is 2.43 bits per heavy atom. The average Bonchev–Trinajstić information content (AvgIpc) is 3.26. The van der Waals surface area contributed by atoms with Gasteiger partial charge in [0.2, 0.25) is 5.28 Å². The lowest BCUT2D eigenvalue weighted by molar-refractivity contribution is -0.137. The van der Waals surface area contributed by atoms with Gasteiger partial charge in [-0.3, -0.25) is 0 Å². The van der Waals surface area contributed by atoms with Gasteiger partial charge < -0.3 is 19.1 Å². The van der Waals surface area contributed by atoms with Gasteiger partial charge in [0, 0.05) is 46.3 Å². The molecule has 0 atom stereocenters. The van der Waals surface area contributed by atoms with Crippen LogP contribution in [0.3, 0.4) is 0 Å². The molecule has 0 saturated carbocycles. The van der Waals surface area contributed by atoms with E-state index in [0.717, 1.165) is 23.7 Å². The highest BCUT2D eigenvalue weighted by Crippen LogP contribution is 2.33. The topological polar surface area (TPSA) is 74.5 Å². The van der Waals surface area contributed by atoms with Gasteiger partial charge in [-0.15, -0.1) is 0 Å². The van der Waals surface area contributed by atoms with Crippen LogP contribution in [0.15, 0.2) is 42.5 Å². The molecule has 0 aliphatic carbocycles. The van der Waals surface area contributed by atoms with Gasteiger partial charge in [-0.1, -0.05) is 37.8 Å². The Bertz CT molecular complexity index is 1540. The summed E-state index contributed by atoms with van der Waals surface area (Å²) in [5.41, 5.74) is 2.11. The number of nitrogens with zero attached hydrogens (tertiary/aromatic N) is 5. The van der Waals surface area contributed by atoms with Crippen molar-refractivity contribution in [3.63, 3.8) is 0 Å². The largest absolute Gasteiger partial charge is 0.497 e. The molecule has 0 saturated heterocycles. The van der Waals surface area contributed by atoms with E-state index in [1.807, 2.05) is 24.1 Å². The maximum absolute atomic E-state index is 13.5. The molecule has 8 nitrogen and oxygen atoms in total. The van der Waals surface area contributed by atoms with Crippen LogP contribution in [0, 0.1) is 0 Å². The molecule has 2 aromatic carbocycles. The molecule has 4 rings (SSSR count). The molecule has 2 heterocycles. The number of fused-ring (bicyclic) bond motifs is 1. The Balaban J connectivity index is 1.75. The van der Waals surface area contributed by atoms with Crippen molar-refractivity contribution in [1.29, 1.82) is 0 Å². The number of benzene rings is 2. The van der Waals surface area contributed by atoms with Crippen LogP contribution in [0.1, 0.15) is 22.4 Å². The molecule has 2 aromatic heterocycles. The summed E-state index contributed by atoms with van der Waals surface area (Å²) in [4.78, 5) is 10.8. The minimum absolute atomic E-state index is 0.00413. The van der Waals surface area contributed by atoms with Gasteiger partial charge in [-0.05, 0) is 41.4 Å². The Kier molecular flexibility index (Phi) is 9.69. The van der Waals surface area contributed by atoms with Crippen LogP contribution in [-0.2, 0) is 30.6 Å².